The largest absolute Gasteiger partial charge is 0.285 e. The summed E-state index contributed by atoms with van der Waals surface area (Å²) in [5.74, 6) is 0. The van der Waals surface area contributed by atoms with Gasteiger partial charge < -0.3 is 0 Å². The molecular formula is C24H25N5. The Kier molecular flexibility index (Phi) is 5.07. The highest BCUT2D eigenvalue weighted by atomic mass is 15.5. The van der Waals surface area contributed by atoms with E-state index in [1.807, 2.05) is 16.8 Å². The molecule has 5 rings (SSSR count). The van der Waals surface area contributed by atoms with Crippen LogP contribution in [0.4, 0.5) is 0 Å². The maximum absolute atomic E-state index is 4.42. The number of hydrogen-bond donors (Lipinski definition) is 0. The Labute approximate surface area is 171 Å². The molecule has 29 heavy (non-hydrogen) atoms. The number of rotatable bonds is 6. The van der Waals surface area contributed by atoms with Gasteiger partial charge in [-0.25, -0.2) is 4.68 Å². The lowest BCUT2D eigenvalue weighted by Crippen LogP contribution is -2.34. The van der Waals surface area contributed by atoms with Gasteiger partial charge in [0, 0.05) is 19.1 Å². The van der Waals surface area contributed by atoms with Crippen LogP contribution in [-0.2, 0) is 19.6 Å². The molecule has 0 aliphatic carbocycles. The summed E-state index contributed by atoms with van der Waals surface area (Å²) in [7, 11) is 0. The van der Waals surface area contributed by atoms with Gasteiger partial charge in [-0.15, -0.1) is 5.10 Å². The molecule has 1 saturated heterocycles. The van der Waals surface area contributed by atoms with Crippen molar-refractivity contribution in [1.82, 2.24) is 24.8 Å². The van der Waals surface area contributed by atoms with E-state index in [9.17, 15) is 0 Å². The average molecular weight is 383 g/mol. The van der Waals surface area contributed by atoms with E-state index >= 15 is 0 Å². The molecule has 1 unspecified atom stereocenters. The zero-order valence-electron chi connectivity index (χ0n) is 16.4. The number of aromatic nitrogens is 3. The minimum Gasteiger partial charge on any atom is -0.285 e. The molecule has 5 heteroatoms. The van der Waals surface area contributed by atoms with Crippen molar-refractivity contribution < 1.29 is 0 Å². The molecule has 0 radical (unpaired) electrons. The summed E-state index contributed by atoms with van der Waals surface area (Å²) in [6.45, 7) is 3.71. The second-order valence-electron chi connectivity index (χ2n) is 7.79. The minimum absolute atomic E-state index is 0.448. The first kappa shape index (κ1) is 18.0. The lowest BCUT2D eigenvalue weighted by Gasteiger charge is -2.23. The molecule has 4 aromatic rings. The standard InChI is InChI=1S/C24H25N5/c1-3-9-20(10-4-1)15-22-17-27(16-21-11-5-2-6-12-21)18-28(22)19-29-24-14-8-7-13-23(24)25-26-29/h1-14,22H,15-19H2. The molecule has 0 spiro atoms. The molecule has 0 bridgehead atoms. The van der Waals surface area contributed by atoms with Crippen LogP contribution in [0.25, 0.3) is 11.0 Å². The van der Waals surface area contributed by atoms with Gasteiger partial charge in [0.1, 0.15) is 5.52 Å². The first-order chi connectivity index (χ1) is 14.3. The lowest BCUT2D eigenvalue weighted by atomic mass is 10.1. The normalized spacial score (nSPS) is 17.9. The van der Waals surface area contributed by atoms with Gasteiger partial charge in [0.15, 0.2) is 0 Å². The van der Waals surface area contributed by atoms with Gasteiger partial charge >= 0.3 is 0 Å². The molecule has 0 saturated carbocycles. The Balaban J connectivity index is 1.37. The minimum atomic E-state index is 0.448. The fraction of sp³-hybridized carbons (Fsp3) is 0.250. The van der Waals surface area contributed by atoms with Crippen molar-refractivity contribution >= 4 is 11.0 Å². The molecule has 1 fully saturated rings. The summed E-state index contributed by atoms with van der Waals surface area (Å²) < 4.78 is 2.03. The van der Waals surface area contributed by atoms with Crippen molar-refractivity contribution in [2.75, 3.05) is 13.2 Å². The Bertz CT molecular complexity index is 1060. The third kappa shape index (κ3) is 4.06. The number of hydrogen-bond acceptors (Lipinski definition) is 4. The molecule has 146 valence electrons. The highest BCUT2D eigenvalue weighted by Crippen LogP contribution is 2.21. The van der Waals surface area contributed by atoms with Crippen LogP contribution in [-0.4, -0.2) is 44.0 Å². The fourth-order valence-electron chi connectivity index (χ4n) is 4.23. The predicted octanol–water partition coefficient (Wildman–Crippen LogP) is 3.78. The van der Waals surface area contributed by atoms with Gasteiger partial charge in [0.25, 0.3) is 0 Å². The quantitative estimate of drug-likeness (QED) is 0.508. The van der Waals surface area contributed by atoms with Gasteiger partial charge in [-0.1, -0.05) is 78.0 Å². The highest BCUT2D eigenvalue weighted by molar-refractivity contribution is 5.73. The summed E-state index contributed by atoms with van der Waals surface area (Å²) in [5.41, 5.74) is 4.78. The first-order valence-electron chi connectivity index (χ1n) is 10.2. The van der Waals surface area contributed by atoms with E-state index in [0.717, 1.165) is 43.9 Å². The van der Waals surface area contributed by atoms with Gasteiger partial charge in [-0.05, 0) is 29.7 Å². The molecule has 5 nitrogen and oxygen atoms in total. The number of para-hydroxylation sites is 1. The fourth-order valence-corrected chi connectivity index (χ4v) is 4.23. The second kappa shape index (κ2) is 8.15. The Morgan fingerprint density at radius 3 is 2.28 bits per heavy atom. The summed E-state index contributed by atoms with van der Waals surface area (Å²) >= 11 is 0. The smallest absolute Gasteiger partial charge is 0.113 e. The highest BCUT2D eigenvalue weighted by Gasteiger charge is 2.31. The van der Waals surface area contributed by atoms with Crippen molar-refractivity contribution in [2.45, 2.75) is 25.7 Å². The summed E-state index contributed by atoms with van der Waals surface area (Å²) in [6.07, 6.45) is 1.04. The van der Waals surface area contributed by atoms with Crippen molar-refractivity contribution in [1.29, 1.82) is 0 Å². The summed E-state index contributed by atoms with van der Waals surface area (Å²) in [5, 5.41) is 8.75. The molecule has 0 N–H and O–H groups in total. The third-order valence-electron chi connectivity index (χ3n) is 5.67. The van der Waals surface area contributed by atoms with E-state index < -0.39 is 0 Å². The van der Waals surface area contributed by atoms with Crippen LogP contribution in [0.5, 0.6) is 0 Å². The van der Waals surface area contributed by atoms with Gasteiger partial charge in [-0.3, -0.25) is 9.80 Å². The van der Waals surface area contributed by atoms with E-state index in [1.165, 1.54) is 11.1 Å². The van der Waals surface area contributed by atoms with E-state index in [-0.39, 0.29) is 0 Å². The van der Waals surface area contributed by atoms with Crippen molar-refractivity contribution in [3.8, 4) is 0 Å². The van der Waals surface area contributed by atoms with Gasteiger partial charge in [-0.2, -0.15) is 0 Å². The topological polar surface area (TPSA) is 37.2 Å². The van der Waals surface area contributed by atoms with E-state index in [0.29, 0.717) is 6.04 Å². The van der Waals surface area contributed by atoms with Gasteiger partial charge in [0.05, 0.1) is 18.9 Å². The van der Waals surface area contributed by atoms with Crippen LogP contribution in [0, 0.1) is 0 Å². The lowest BCUT2D eigenvalue weighted by molar-refractivity contribution is 0.168. The molecule has 1 aliphatic rings. The predicted molar refractivity (Wildman–Crippen MR) is 115 cm³/mol. The molecule has 2 heterocycles. The number of fused-ring (bicyclic) bond motifs is 1. The van der Waals surface area contributed by atoms with Crippen LogP contribution in [0.3, 0.4) is 0 Å². The Morgan fingerprint density at radius 2 is 1.48 bits per heavy atom. The van der Waals surface area contributed by atoms with Crippen molar-refractivity contribution in [2.24, 2.45) is 0 Å². The third-order valence-corrected chi connectivity index (χ3v) is 5.67. The Morgan fingerprint density at radius 1 is 0.793 bits per heavy atom. The van der Waals surface area contributed by atoms with Crippen molar-refractivity contribution in [3.05, 3.63) is 96.1 Å². The zero-order chi connectivity index (χ0) is 19.5. The van der Waals surface area contributed by atoms with E-state index in [2.05, 4.69) is 92.9 Å². The number of benzene rings is 3. The van der Waals surface area contributed by atoms with Crippen LogP contribution < -0.4 is 0 Å². The first-order valence-corrected chi connectivity index (χ1v) is 10.2. The van der Waals surface area contributed by atoms with Crippen LogP contribution in [0.2, 0.25) is 0 Å². The van der Waals surface area contributed by atoms with Gasteiger partial charge in [0.2, 0.25) is 0 Å². The SMILES string of the molecule is c1ccc(CC2CN(Cc3ccccc3)CN2Cn2nnc3ccccc32)cc1. The van der Waals surface area contributed by atoms with Crippen LogP contribution in [0.1, 0.15) is 11.1 Å². The number of nitrogens with zero attached hydrogens (tertiary/aromatic N) is 5. The molecule has 1 aliphatic heterocycles. The van der Waals surface area contributed by atoms with E-state index in [1.54, 1.807) is 0 Å². The summed E-state index contributed by atoms with van der Waals surface area (Å²) in [6, 6.07) is 30.1. The van der Waals surface area contributed by atoms with Crippen LogP contribution >= 0.6 is 0 Å². The maximum Gasteiger partial charge on any atom is 0.113 e. The molecule has 0 amide bonds. The molecule has 1 aromatic heterocycles. The molecular weight excluding hydrogens is 358 g/mol. The van der Waals surface area contributed by atoms with Crippen molar-refractivity contribution in [3.63, 3.8) is 0 Å². The van der Waals surface area contributed by atoms with Crippen LogP contribution in [0.15, 0.2) is 84.9 Å². The monoisotopic (exact) mass is 383 g/mol. The molecule has 1 atom stereocenters. The maximum atomic E-state index is 4.42. The summed E-state index contributed by atoms with van der Waals surface area (Å²) in [4.78, 5) is 5.05. The average Bonchev–Trinajstić information content (AvgIpc) is 3.34. The van der Waals surface area contributed by atoms with E-state index in [4.69, 9.17) is 0 Å². The zero-order valence-corrected chi connectivity index (χ0v) is 16.4. The molecule has 3 aromatic carbocycles. The Hall–Kier alpha value is -3.02. The second-order valence-corrected chi connectivity index (χ2v) is 7.79.